The first kappa shape index (κ1) is 11.6. The van der Waals surface area contributed by atoms with Crippen molar-refractivity contribution >= 4 is 43.5 Å². The molecular weight excluding hydrogens is 336 g/mol. The van der Waals surface area contributed by atoms with Crippen molar-refractivity contribution in [2.75, 3.05) is 11.4 Å². The number of halogens is 2. The number of hydrogen-bond acceptors (Lipinski definition) is 2. The van der Waals surface area contributed by atoms with Crippen LogP contribution in [0.3, 0.4) is 0 Å². The lowest BCUT2D eigenvalue weighted by atomic mass is 10.1. The number of nitriles is 1. The van der Waals surface area contributed by atoms with Gasteiger partial charge in [0.05, 0.1) is 17.7 Å². The van der Waals surface area contributed by atoms with Gasteiger partial charge in [0.25, 0.3) is 0 Å². The molecule has 0 aliphatic carbocycles. The molecule has 1 amide bonds. The first-order valence-corrected chi connectivity index (χ1v) is 6.35. The summed E-state index contributed by atoms with van der Waals surface area (Å²) in [6.45, 7) is 0.482. The Labute approximate surface area is 110 Å². The highest BCUT2D eigenvalue weighted by atomic mass is 79.9. The molecule has 1 fully saturated rings. The summed E-state index contributed by atoms with van der Waals surface area (Å²) >= 11 is 6.78. The summed E-state index contributed by atoms with van der Waals surface area (Å²) in [5, 5.41) is 8.81. The lowest BCUT2D eigenvalue weighted by Crippen LogP contribution is -2.24. The third-order valence-electron chi connectivity index (χ3n) is 2.51. The number of carbonyl (C=O) groups is 1. The molecule has 2 rings (SSSR count). The Hall–Kier alpha value is -0.860. The number of amides is 1. The number of hydrogen-bond donors (Lipinski definition) is 0. The minimum absolute atomic E-state index is 0.00886. The molecule has 1 aliphatic rings. The van der Waals surface area contributed by atoms with Crippen LogP contribution in [0.15, 0.2) is 27.1 Å². The summed E-state index contributed by atoms with van der Waals surface area (Å²) in [5.41, 5.74) is 0.825. The molecule has 0 saturated carbocycles. The van der Waals surface area contributed by atoms with Crippen molar-refractivity contribution in [3.8, 4) is 6.07 Å². The fourth-order valence-corrected chi connectivity index (χ4v) is 2.99. The van der Waals surface area contributed by atoms with Gasteiger partial charge in [-0.25, -0.2) is 0 Å². The van der Waals surface area contributed by atoms with Crippen molar-refractivity contribution < 1.29 is 4.79 Å². The van der Waals surface area contributed by atoms with Gasteiger partial charge in [-0.3, -0.25) is 4.79 Å². The van der Waals surface area contributed by atoms with E-state index in [2.05, 4.69) is 37.9 Å². The number of nitrogens with zero attached hydrogens (tertiary/aromatic N) is 2. The molecule has 1 aromatic carbocycles. The van der Waals surface area contributed by atoms with Crippen LogP contribution in [0.4, 0.5) is 5.69 Å². The molecule has 1 unspecified atom stereocenters. The van der Waals surface area contributed by atoms with Crippen molar-refractivity contribution in [1.29, 1.82) is 5.26 Å². The van der Waals surface area contributed by atoms with Crippen LogP contribution >= 0.6 is 31.9 Å². The van der Waals surface area contributed by atoms with Gasteiger partial charge in [-0.1, -0.05) is 15.9 Å². The van der Waals surface area contributed by atoms with E-state index in [0.29, 0.717) is 13.0 Å². The average Bonchev–Trinajstić information content (AvgIpc) is 2.60. The van der Waals surface area contributed by atoms with Gasteiger partial charge in [0, 0.05) is 21.9 Å². The van der Waals surface area contributed by atoms with E-state index >= 15 is 0 Å². The Morgan fingerprint density at radius 3 is 2.75 bits per heavy atom. The predicted molar refractivity (Wildman–Crippen MR) is 67.9 cm³/mol. The molecule has 0 spiro atoms. The minimum Gasteiger partial charge on any atom is -0.310 e. The highest BCUT2D eigenvalue weighted by molar-refractivity contribution is 9.11. The molecule has 82 valence electrons. The largest absolute Gasteiger partial charge is 0.310 e. The van der Waals surface area contributed by atoms with E-state index in [0.717, 1.165) is 14.6 Å². The summed E-state index contributed by atoms with van der Waals surface area (Å²) in [4.78, 5) is 13.4. The number of anilines is 1. The van der Waals surface area contributed by atoms with E-state index in [1.807, 2.05) is 18.2 Å². The molecule has 0 N–H and O–H groups in total. The van der Waals surface area contributed by atoms with Crippen LogP contribution in [0, 0.1) is 17.2 Å². The zero-order valence-corrected chi connectivity index (χ0v) is 11.5. The SMILES string of the molecule is N#CC1CC(=O)N(c2ccc(Br)cc2Br)C1. The summed E-state index contributed by atoms with van der Waals surface area (Å²) in [6.07, 6.45) is 0.318. The molecule has 1 heterocycles. The van der Waals surface area contributed by atoms with Gasteiger partial charge in [-0.2, -0.15) is 5.26 Å². The van der Waals surface area contributed by atoms with Gasteiger partial charge in [0.15, 0.2) is 0 Å². The van der Waals surface area contributed by atoms with Gasteiger partial charge >= 0.3 is 0 Å². The summed E-state index contributed by atoms with van der Waals surface area (Å²) < 4.78 is 1.81. The number of carbonyl (C=O) groups excluding carboxylic acids is 1. The first-order valence-electron chi connectivity index (χ1n) is 4.77. The molecule has 5 heteroatoms. The van der Waals surface area contributed by atoms with Crippen molar-refractivity contribution in [3.63, 3.8) is 0 Å². The first-order chi connectivity index (χ1) is 7.61. The second-order valence-electron chi connectivity index (χ2n) is 3.63. The Morgan fingerprint density at radius 1 is 1.44 bits per heavy atom. The van der Waals surface area contributed by atoms with Crippen LogP contribution < -0.4 is 4.90 Å². The van der Waals surface area contributed by atoms with Crippen LogP contribution in [0.1, 0.15) is 6.42 Å². The van der Waals surface area contributed by atoms with E-state index in [9.17, 15) is 4.79 Å². The zero-order chi connectivity index (χ0) is 11.7. The molecule has 1 aromatic rings. The van der Waals surface area contributed by atoms with Gasteiger partial charge in [0.2, 0.25) is 5.91 Å². The lowest BCUT2D eigenvalue weighted by molar-refractivity contribution is -0.117. The predicted octanol–water partition coefficient (Wildman–Crippen LogP) is 3.09. The van der Waals surface area contributed by atoms with Gasteiger partial charge < -0.3 is 4.90 Å². The fraction of sp³-hybridized carbons (Fsp3) is 0.273. The Kier molecular flexibility index (Phi) is 3.31. The van der Waals surface area contributed by atoms with Crippen molar-refractivity contribution in [2.24, 2.45) is 5.92 Å². The molecule has 16 heavy (non-hydrogen) atoms. The summed E-state index contributed by atoms with van der Waals surface area (Å²) in [6, 6.07) is 7.78. The maximum atomic E-state index is 11.7. The van der Waals surface area contributed by atoms with Crippen LogP contribution in [0.25, 0.3) is 0 Å². The molecular formula is C11H8Br2N2O. The monoisotopic (exact) mass is 342 g/mol. The van der Waals surface area contributed by atoms with E-state index in [1.54, 1.807) is 4.90 Å². The fourth-order valence-electron chi connectivity index (χ4n) is 1.73. The third-order valence-corrected chi connectivity index (χ3v) is 3.64. The van der Waals surface area contributed by atoms with E-state index < -0.39 is 0 Å². The van der Waals surface area contributed by atoms with Crippen molar-refractivity contribution in [2.45, 2.75) is 6.42 Å². The second kappa shape index (κ2) is 4.56. The number of benzene rings is 1. The molecule has 1 aliphatic heterocycles. The van der Waals surface area contributed by atoms with Gasteiger partial charge in [-0.05, 0) is 34.1 Å². The zero-order valence-electron chi connectivity index (χ0n) is 8.28. The molecule has 1 atom stereocenters. The average molecular weight is 344 g/mol. The second-order valence-corrected chi connectivity index (χ2v) is 5.40. The van der Waals surface area contributed by atoms with Crippen molar-refractivity contribution in [1.82, 2.24) is 0 Å². The lowest BCUT2D eigenvalue weighted by Gasteiger charge is -2.17. The number of rotatable bonds is 1. The molecule has 0 bridgehead atoms. The van der Waals surface area contributed by atoms with Crippen molar-refractivity contribution in [3.05, 3.63) is 27.1 Å². The standard InChI is InChI=1S/C11H8Br2N2O/c12-8-1-2-10(9(13)4-8)15-6-7(5-14)3-11(15)16/h1-2,4,7H,3,6H2. The highest BCUT2D eigenvalue weighted by Crippen LogP contribution is 2.33. The quantitative estimate of drug-likeness (QED) is 0.786. The molecule has 1 saturated heterocycles. The molecule has 0 aromatic heterocycles. The Balaban J connectivity index is 2.32. The highest BCUT2D eigenvalue weighted by Gasteiger charge is 2.31. The van der Waals surface area contributed by atoms with Gasteiger partial charge in [0.1, 0.15) is 0 Å². The Morgan fingerprint density at radius 2 is 2.19 bits per heavy atom. The molecule has 3 nitrogen and oxygen atoms in total. The van der Waals surface area contributed by atoms with E-state index in [4.69, 9.17) is 5.26 Å². The smallest absolute Gasteiger partial charge is 0.228 e. The van der Waals surface area contributed by atoms with E-state index in [1.165, 1.54) is 0 Å². The van der Waals surface area contributed by atoms with Crippen LogP contribution in [-0.4, -0.2) is 12.5 Å². The normalized spacial score (nSPS) is 19.9. The summed E-state index contributed by atoms with van der Waals surface area (Å²) in [7, 11) is 0. The van der Waals surface area contributed by atoms with Crippen LogP contribution in [0.5, 0.6) is 0 Å². The molecule has 0 radical (unpaired) electrons. The summed E-state index contributed by atoms with van der Waals surface area (Å²) in [5.74, 6) is -0.183. The van der Waals surface area contributed by atoms with Gasteiger partial charge in [-0.15, -0.1) is 0 Å². The third kappa shape index (κ3) is 2.13. The minimum atomic E-state index is -0.192. The van der Waals surface area contributed by atoms with Crippen LogP contribution in [0.2, 0.25) is 0 Å². The van der Waals surface area contributed by atoms with E-state index in [-0.39, 0.29) is 11.8 Å². The van der Waals surface area contributed by atoms with Crippen LogP contribution in [-0.2, 0) is 4.79 Å². The topological polar surface area (TPSA) is 44.1 Å². The maximum absolute atomic E-state index is 11.7. The Bertz CT molecular complexity index is 481. The maximum Gasteiger partial charge on any atom is 0.228 e.